The van der Waals surface area contributed by atoms with Gasteiger partial charge in [-0.2, -0.15) is 0 Å². The monoisotopic (exact) mass is 591 g/mol. The zero-order valence-electron chi connectivity index (χ0n) is 24.0. The first-order chi connectivity index (χ1) is 20.2. The zero-order chi connectivity index (χ0) is 31.5. The van der Waals surface area contributed by atoms with E-state index in [1.54, 1.807) is 63.4 Å². The smallest absolute Gasteiger partial charge is 0.323 e. The van der Waals surface area contributed by atoms with E-state index in [2.05, 4.69) is 10.6 Å². The summed E-state index contributed by atoms with van der Waals surface area (Å²) in [5.74, 6) is -7.45. The second kappa shape index (κ2) is 10.4. The van der Waals surface area contributed by atoms with Crippen molar-refractivity contribution in [2.75, 3.05) is 43.7 Å². The number of amides is 3. The maximum absolute atomic E-state index is 14.1. The van der Waals surface area contributed by atoms with Gasteiger partial charge in [0.15, 0.2) is 17.1 Å². The molecular formula is C30H33N5O8. The summed E-state index contributed by atoms with van der Waals surface area (Å²) in [7, 11) is 6.59. The summed E-state index contributed by atoms with van der Waals surface area (Å²) in [4.78, 5) is 55.7. The number of urea groups is 1. The molecule has 226 valence electrons. The van der Waals surface area contributed by atoms with Crippen LogP contribution in [-0.2, 0) is 16.0 Å². The van der Waals surface area contributed by atoms with E-state index in [4.69, 9.17) is 5.73 Å². The van der Waals surface area contributed by atoms with Crippen molar-refractivity contribution >= 4 is 40.6 Å². The summed E-state index contributed by atoms with van der Waals surface area (Å²) in [6.45, 7) is 0. The van der Waals surface area contributed by atoms with Gasteiger partial charge in [0.05, 0.1) is 17.3 Å². The van der Waals surface area contributed by atoms with Crippen molar-refractivity contribution in [2.24, 2.45) is 17.6 Å². The lowest BCUT2D eigenvalue weighted by Crippen LogP contribution is -2.63. The van der Waals surface area contributed by atoms with Crippen LogP contribution in [0.1, 0.15) is 22.3 Å². The molecule has 13 nitrogen and oxygen atoms in total. The topological polar surface area (TPSA) is 206 Å². The van der Waals surface area contributed by atoms with Crippen LogP contribution in [-0.4, -0.2) is 88.7 Å². The second-order valence-electron chi connectivity index (χ2n) is 11.4. The van der Waals surface area contributed by atoms with Crippen LogP contribution in [0.5, 0.6) is 5.75 Å². The molecule has 0 heterocycles. The molecule has 3 amide bonds. The first-order valence-corrected chi connectivity index (χ1v) is 13.5. The molecule has 8 N–H and O–H groups in total. The maximum Gasteiger partial charge on any atom is 0.323 e. The molecule has 0 radical (unpaired) electrons. The number of allylic oxidation sites excluding steroid dienone is 1. The van der Waals surface area contributed by atoms with Crippen LogP contribution in [0, 0.1) is 11.8 Å². The summed E-state index contributed by atoms with van der Waals surface area (Å²) in [5.41, 5.74) is 2.64. The number of carbonyl (C=O) groups is 4. The number of ketones is 2. The Kier molecular flexibility index (Phi) is 7.19. The van der Waals surface area contributed by atoms with E-state index in [0.717, 1.165) is 0 Å². The van der Waals surface area contributed by atoms with Crippen molar-refractivity contribution in [3.8, 4) is 5.75 Å². The molecule has 0 spiro atoms. The number of benzene rings is 2. The zero-order valence-corrected chi connectivity index (χ0v) is 24.0. The standard InChI is InChI=1S/C30H33N5O8/c1-34(2)18-12-17(33-29(42)32-14-8-6-5-7-9-14)23(36)20-15(18)10-13-11-16-22(35(3)4)25(38)21(28(31)41)27(40)30(16,43)26(39)19(13)24(20)37/h5-9,12-13,16,22,36,38-39,43H,10-11H2,1-4H3,(H2,31,41)(H2,32,33,42). The summed E-state index contributed by atoms with van der Waals surface area (Å²) in [6, 6.07) is 8.35. The van der Waals surface area contributed by atoms with Crippen molar-refractivity contribution in [2.45, 2.75) is 24.5 Å². The Labute approximate surface area is 246 Å². The van der Waals surface area contributed by atoms with E-state index < -0.39 is 69.8 Å². The van der Waals surface area contributed by atoms with E-state index in [9.17, 15) is 39.6 Å². The highest BCUT2D eigenvalue weighted by atomic mass is 16.3. The Morgan fingerprint density at radius 1 is 1.02 bits per heavy atom. The number of carbonyl (C=O) groups excluding carboxylic acids is 4. The van der Waals surface area contributed by atoms with Crippen LogP contribution in [0.25, 0.3) is 0 Å². The average Bonchev–Trinajstić information content (AvgIpc) is 2.92. The fourth-order valence-electron chi connectivity index (χ4n) is 6.60. The Bertz CT molecular complexity index is 1630. The minimum atomic E-state index is -2.74. The van der Waals surface area contributed by atoms with Crippen LogP contribution >= 0.6 is 0 Å². The summed E-state index contributed by atoms with van der Waals surface area (Å²) < 4.78 is 0. The molecule has 5 rings (SSSR count). The van der Waals surface area contributed by atoms with Gasteiger partial charge in [-0.3, -0.25) is 19.3 Å². The normalized spacial score (nSPS) is 24.7. The second-order valence-corrected chi connectivity index (χ2v) is 11.4. The lowest BCUT2D eigenvalue weighted by Gasteiger charge is -2.50. The van der Waals surface area contributed by atoms with Gasteiger partial charge in [-0.25, -0.2) is 4.79 Å². The molecule has 13 heteroatoms. The number of aromatic hydroxyl groups is 1. The highest BCUT2D eigenvalue weighted by Gasteiger charge is 2.63. The van der Waals surface area contributed by atoms with Gasteiger partial charge in [0.25, 0.3) is 5.91 Å². The van der Waals surface area contributed by atoms with Gasteiger partial charge < -0.3 is 41.7 Å². The van der Waals surface area contributed by atoms with Gasteiger partial charge in [-0.1, -0.05) is 18.2 Å². The molecule has 0 aromatic heterocycles. The number of aliphatic hydroxyl groups excluding tert-OH is 2. The molecule has 3 aliphatic carbocycles. The molecule has 4 unspecified atom stereocenters. The Balaban J connectivity index is 1.63. The molecule has 3 aliphatic rings. The van der Waals surface area contributed by atoms with Crippen LogP contribution in [0.4, 0.5) is 21.9 Å². The van der Waals surface area contributed by atoms with Crippen molar-refractivity contribution in [3.63, 3.8) is 0 Å². The summed E-state index contributed by atoms with van der Waals surface area (Å²) in [6.07, 6.45) is 0.0883. The molecule has 2 aromatic rings. The molecule has 0 saturated carbocycles. The number of fused-ring (bicyclic) bond motifs is 3. The number of nitrogens with two attached hydrogens (primary N) is 1. The van der Waals surface area contributed by atoms with Crippen LogP contribution < -0.4 is 21.3 Å². The van der Waals surface area contributed by atoms with Gasteiger partial charge in [-0.05, 0) is 56.6 Å². The maximum atomic E-state index is 14.1. The highest BCUT2D eigenvalue weighted by molar-refractivity contribution is 6.25. The van der Waals surface area contributed by atoms with Gasteiger partial charge in [-0.15, -0.1) is 0 Å². The van der Waals surface area contributed by atoms with Crippen molar-refractivity contribution in [1.82, 2.24) is 4.90 Å². The molecule has 2 aromatic carbocycles. The van der Waals surface area contributed by atoms with E-state index in [1.165, 1.54) is 11.0 Å². The Hall–Kier alpha value is -4.88. The third-order valence-corrected chi connectivity index (χ3v) is 8.46. The largest absolute Gasteiger partial charge is 0.510 e. The minimum absolute atomic E-state index is 0.0289. The predicted octanol–water partition coefficient (Wildman–Crippen LogP) is 1.83. The Morgan fingerprint density at radius 2 is 1.67 bits per heavy atom. The third-order valence-electron chi connectivity index (χ3n) is 8.46. The first kappa shape index (κ1) is 29.6. The van der Waals surface area contributed by atoms with E-state index >= 15 is 0 Å². The van der Waals surface area contributed by atoms with E-state index in [-0.39, 0.29) is 29.7 Å². The van der Waals surface area contributed by atoms with Gasteiger partial charge in [0, 0.05) is 37.0 Å². The number of rotatable bonds is 5. The summed E-state index contributed by atoms with van der Waals surface area (Å²) >= 11 is 0. The molecule has 4 atom stereocenters. The lowest BCUT2D eigenvalue weighted by molar-refractivity contribution is -0.148. The molecule has 0 saturated heterocycles. The average molecular weight is 592 g/mol. The number of Topliss-reactive ketones (excluding diaryl/α,β-unsaturated/α-hetero) is 2. The minimum Gasteiger partial charge on any atom is -0.510 e. The number of nitrogens with zero attached hydrogens (tertiary/aromatic N) is 2. The van der Waals surface area contributed by atoms with Crippen molar-refractivity contribution < 1.29 is 39.6 Å². The van der Waals surface area contributed by atoms with E-state index in [1.807, 2.05) is 0 Å². The first-order valence-electron chi connectivity index (χ1n) is 13.5. The molecular weight excluding hydrogens is 558 g/mol. The number of para-hydroxylation sites is 1. The number of primary amides is 1. The number of hydrogen-bond acceptors (Lipinski definition) is 10. The van der Waals surface area contributed by atoms with Crippen molar-refractivity contribution in [3.05, 3.63) is 70.2 Å². The fraction of sp³-hybridized carbons (Fsp3) is 0.333. The highest BCUT2D eigenvalue weighted by Crippen LogP contribution is 2.53. The number of phenols is 1. The van der Waals surface area contributed by atoms with Crippen molar-refractivity contribution in [1.29, 1.82) is 0 Å². The van der Waals surface area contributed by atoms with E-state index in [0.29, 0.717) is 16.9 Å². The van der Waals surface area contributed by atoms with Crippen LogP contribution in [0.2, 0.25) is 0 Å². The number of phenolic OH excluding ortho intramolecular Hbond substituents is 1. The number of nitrogens with one attached hydrogen (secondary N) is 2. The third kappa shape index (κ3) is 4.48. The number of aliphatic hydroxyl groups is 3. The number of anilines is 3. The predicted molar refractivity (Wildman–Crippen MR) is 157 cm³/mol. The fourth-order valence-corrected chi connectivity index (χ4v) is 6.60. The van der Waals surface area contributed by atoms with Gasteiger partial charge >= 0.3 is 6.03 Å². The molecule has 0 fully saturated rings. The lowest BCUT2D eigenvalue weighted by atomic mass is 9.58. The molecule has 0 bridgehead atoms. The SMILES string of the molecule is CN(C)c1cc(NC(=O)Nc2ccccc2)c(O)c2c1CC1CC3C(N(C)C)C(O)=C(C(N)=O)C(=O)C3(O)C(O)=C1C2=O. The van der Waals surface area contributed by atoms with Crippen LogP contribution in [0.15, 0.2) is 59.1 Å². The molecule has 43 heavy (non-hydrogen) atoms. The number of likely N-dealkylation sites (N-methyl/N-ethyl adjacent to an activating group) is 1. The van der Waals surface area contributed by atoms with Crippen LogP contribution in [0.3, 0.4) is 0 Å². The quantitative estimate of drug-likeness (QED) is 0.198. The number of hydrogen-bond donors (Lipinski definition) is 7. The molecule has 0 aliphatic heterocycles. The summed E-state index contributed by atoms with van der Waals surface area (Å²) in [5, 5.41) is 50.7. The van der Waals surface area contributed by atoms with Gasteiger partial charge in [0.2, 0.25) is 5.78 Å². The van der Waals surface area contributed by atoms with Gasteiger partial charge in [0.1, 0.15) is 17.1 Å². The Morgan fingerprint density at radius 3 is 2.26 bits per heavy atom.